The quantitative estimate of drug-likeness (QED) is 0.829. The minimum atomic E-state index is 0.654. The average molecular weight is 321 g/mol. The molecule has 2 rings (SSSR count). The van der Waals surface area contributed by atoms with Gasteiger partial charge in [-0.1, -0.05) is 30.3 Å². The van der Waals surface area contributed by atoms with Crippen molar-refractivity contribution in [2.45, 2.75) is 19.7 Å². The van der Waals surface area contributed by atoms with Crippen LogP contribution in [0, 0.1) is 0 Å². The first-order valence-electron chi connectivity index (χ1n) is 6.17. The van der Waals surface area contributed by atoms with Crippen molar-refractivity contribution in [3.8, 4) is 0 Å². The van der Waals surface area contributed by atoms with Crippen molar-refractivity contribution in [1.29, 1.82) is 0 Å². The van der Waals surface area contributed by atoms with E-state index in [0.29, 0.717) is 6.61 Å². The van der Waals surface area contributed by atoms with E-state index < -0.39 is 0 Å². The number of halogens is 1. The van der Waals surface area contributed by atoms with Gasteiger partial charge in [-0.2, -0.15) is 0 Å². The molecule has 0 radical (unpaired) electrons. The van der Waals surface area contributed by atoms with Crippen molar-refractivity contribution in [1.82, 2.24) is 10.3 Å². The molecule has 0 atom stereocenters. The number of methoxy groups -OCH3 is 1. The fourth-order valence-electron chi connectivity index (χ4n) is 1.88. The summed E-state index contributed by atoms with van der Waals surface area (Å²) in [5.74, 6) is 0. The fourth-order valence-corrected chi connectivity index (χ4v) is 2.26. The summed E-state index contributed by atoms with van der Waals surface area (Å²) in [6.45, 7) is 2.24. The van der Waals surface area contributed by atoms with Crippen LogP contribution in [0.4, 0.5) is 0 Å². The Labute approximate surface area is 122 Å². The van der Waals surface area contributed by atoms with E-state index in [2.05, 4.69) is 50.5 Å². The van der Waals surface area contributed by atoms with Gasteiger partial charge in [-0.3, -0.25) is 0 Å². The number of nitrogens with zero attached hydrogens (tertiary/aromatic N) is 1. The molecule has 0 saturated heterocycles. The third-order valence-electron chi connectivity index (χ3n) is 2.71. The molecule has 2 aromatic rings. The van der Waals surface area contributed by atoms with Gasteiger partial charge in [0.2, 0.25) is 0 Å². The van der Waals surface area contributed by atoms with E-state index >= 15 is 0 Å². The third kappa shape index (κ3) is 4.74. The van der Waals surface area contributed by atoms with Gasteiger partial charge >= 0.3 is 0 Å². The number of pyridine rings is 1. The summed E-state index contributed by atoms with van der Waals surface area (Å²) >= 11 is 3.37. The minimum absolute atomic E-state index is 0.654. The molecule has 1 N–H and O–H groups in total. The predicted molar refractivity (Wildman–Crippen MR) is 79.6 cm³/mol. The Hall–Kier alpha value is -1.23. The number of rotatable bonds is 6. The van der Waals surface area contributed by atoms with Crippen LogP contribution in [-0.2, 0) is 24.4 Å². The molecule has 0 aliphatic heterocycles. The number of benzene rings is 1. The van der Waals surface area contributed by atoms with Crippen LogP contribution in [0.1, 0.15) is 16.8 Å². The Balaban J connectivity index is 1.87. The molecule has 0 spiro atoms. The fraction of sp³-hybridized carbons (Fsp3) is 0.267. The summed E-state index contributed by atoms with van der Waals surface area (Å²) in [4.78, 5) is 4.39. The topological polar surface area (TPSA) is 34.1 Å². The first kappa shape index (κ1) is 14.2. The van der Waals surface area contributed by atoms with Crippen molar-refractivity contribution in [2.75, 3.05) is 7.11 Å². The molecule has 100 valence electrons. The van der Waals surface area contributed by atoms with Crippen LogP contribution in [0.5, 0.6) is 0 Å². The number of ether oxygens (including phenoxy) is 1. The number of nitrogens with one attached hydrogen (secondary N) is 1. The Kier molecular flexibility index (Phi) is 5.51. The molecule has 1 aromatic carbocycles. The molecule has 0 bridgehead atoms. The maximum atomic E-state index is 5.13. The average Bonchev–Trinajstić information content (AvgIpc) is 2.40. The molecular weight excluding hydrogens is 304 g/mol. The highest BCUT2D eigenvalue weighted by atomic mass is 79.9. The van der Waals surface area contributed by atoms with Gasteiger partial charge in [0.25, 0.3) is 0 Å². The molecule has 0 fully saturated rings. The first-order chi connectivity index (χ1) is 9.28. The molecule has 0 aliphatic rings. The lowest BCUT2D eigenvalue weighted by atomic mass is 10.1. The highest BCUT2D eigenvalue weighted by molar-refractivity contribution is 9.10. The second kappa shape index (κ2) is 7.38. The standard InChI is InChI=1S/C15H17BrN2O/c1-19-11-13-5-2-4-12(8-13)9-17-10-14-6-3-7-15(16)18-14/h2-8,17H,9-11H2,1H3. The minimum Gasteiger partial charge on any atom is -0.380 e. The number of hydrogen-bond acceptors (Lipinski definition) is 3. The van der Waals surface area contributed by atoms with Gasteiger partial charge in [0.1, 0.15) is 4.60 Å². The molecule has 1 aromatic heterocycles. The van der Waals surface area contributed by atoms with Gasteiger partial charge in [-0.25, -0.2) is 4.98 Å². The zero-order chi connectivity index (χ0) is 13.5. The maximum Gasteiger partial charge on any atom is 0.106 e. The van der Waals surface area contributed by atoms with E-state index in [1.54, 1.807) is 7.11 Å². The van der Waals surface area contributed by atoms with Crippen LogP contribution in [0.15, 0.2) is 47.1 Å². The largest absolute Gasteiger partial charge is 0.380 e. The highest BCUT2D eigenvalue weighted by Crippen LogP contribution is 2.08. The first-order valence-corrected chi connectivity index (χ1v) is 6.96. The monoisotopic (exact) mass is 320 g/mol. The molecular formula is C15H17BrN2O. The van der Waals surface area contributed by atoms with Crippen molar-refractivity contribution in [3.63, 3.8) is 0 Å². The summed E-state index contributed by atoms with van der Waals surface area (Å²) in [5, 5.41) is 3.39. The molecule has 4 heteroatoms. The van der Waals surface area contributed by atoms with Gasteiger partial charge in [0.05, 0.1) is 12.3 Å². The number of aromatic nitrogens is 1. The molecule has 0 aliphatic carbocycles. The normalized spacial score (nSPS) is 10.6. The van der Waals surface area contributed by atoms with Crippen molar-refractivity contribution >= 4 is 15.9 Å². The molecule has 1 heterocycles. The third-order valence-corrected chi connectivity index (χ3v) is 3.15. The molecule has 0 unspecified atom stereocenters. The van der Waals surface area contributed by atoms with Crippen LogP contribution in [0.2, 0.25) is 0 Å². The summed E-state index contributed by atoms with van der Waals surface area (Å²) in [6.07, 6.45) is 0. The van der Waals surface area contributed by atoms with Crippen molar-refractivity contribution in [2.24, 2.45) is 0 Å². The lowest BCUT2D eigenvalue weighted by Crippen LogP contribution is -2.13. The SMILES string of the molecule is COCc1cccc(CNCc2cccc(Br)n2)c1. The summed E-state index contributed by atoms with van der Waals surface area (Å²) in [7, 11) is 1.71. The van der Waals surface area contributed by atoms with E-state index in [1.165, 1.54) is 11.1 Å². The molecule has 0 amide bonds. The van der Waals surface area contributed by atoms with Gasteiger partial charge < -0.3 is 10.1 Å². The van der Waals surface area contributed by atoms with E-state index in [9.17, 15) is 0 Å². The van der Waals surface area contributed by atoms with E-state index in [-0.39, 0.29) is 0 Å². The predicted octanol–water partition coefficient (Wildman–Crippen LogP) is 3.28. The van der Waals surface area contributed by atoms with Crippen molar-refractivity contribution in [3.05, 3.63) is 63.9 Å². The highest BCUT2D eigenvalue weighted by Gasteiger charge is 1.98. The zero-order valence-electron chi connectivity index (χ0n) is 10.9. The Bertz CT molecular complexity index is 531. The molecule has 3 nitrogen and oxygen atoms in total. The Morgan fingerprint density at radius 3 is 2.68 bits per heavy atom. The van der Waals surface area contributed by atoms with Crippen LogP contribution in [-0.4, -0.2) is 12.1 Å². The molecule has 0 saturated carbocycles. The van der Waals surface area contributed by atoms with Gasteiger partial charge in [0, 0.05) is 20.2 Å². The Morgan fingerprint density at radius 2 is 1.89 bits per heavy atom. The zero-order valence-corrected chi connectivity index (χ0v) is 12.5. The summed E-state index contributed by atoms with van der Waals surface area (Å²) in [6, 6.07) is 14.3. The van der Waals surface area contributed by atoms with Crippen LogP contribution < -0.4 is 5.32 Å². The lowest BCUT2D eigenvalue weighted by molar-refractivity contribution is 0.185. The van der Waals surface area contributed by atoms with Gasteiger partial charge in [-0.05, 0) is 39.2 Å². The second-order valence-corrected chi connectivity index (χ2v) is 5.12. The van der Waals surface area contributed by atoms with E-state index in [1.807, 2.05) is 18.2 Å². The van der Waals surface area contributed by atoms with E-state index in [4.69, 9.17) is 4.74 Å². The van der Waals surface area contributed by atoms with Gasteiger partial charge in [-0.15, -0.1) is 0 Å². The smallest absolute Gasteiger partial charge is 0.106 e. The van der Waals surface area contributed by atoms with Crippen LogP contribution >= 0.6 is 15.9 Å². The number of hydrogen-bond donors (Lipinski definition) is 1. The Morgan fingerprint density at radius 1 is 1.11 bits per heavy atom. The van der Waals surface area contributed by atoms with Gasteiger partial charge in [0.15, 0.2) is 0 Å². The lowest BCUT2D eigenvalue weighted by Gasteiger charge is -2.07. The molecule has 19 heavy (non-hydrogen) atoms. The maximum absolute atomic E-state index is 5.13. The van der Waals surface area contributed by atoms with E-state index in [0.717, 1.165) is 23.4 Å². The summed E-state index contributed by atoms with van der Waals surface area (Å²) in [5.41, 5.74) is 3.48. The second-order valence-electron chi connectivity index (χ2n) is 4.31. The van der Waals surface area contributed by atoms with Crippen molar-refractivity contribution < 1.29 is 4.74 Å². The van der Waals surface area contributed by atoms with Crippen LogP contribution in [0.3, 0.4) is 0 Å². The van der Waals surface area contributed by atoms with Crippen LogP contribution in [0.25, 0.3) is 0 Å². The summed E-state index contributed by atoms with van der Waals surface area (Å²) < 4.78 is 6.00.